The number of hydrogen-bond donors (Lipinski definition) is 1. The van der Waals surface area contributed by atoms with E-state index >= 15 is 0 Å². The highest BCUT2D eigenvalue weighted by Gasteiger charge is 2.18. The van der Waals surface area contributed by atoms with Crippen LogP contribution in [0.5, 0.6) is 0 Å². The molecular formula is C12H19N3O3S. The van der Waals surface area contributed by atoms with Crippen LogP contribution in [0.4, 0.5) is 0 Å². The Bertz CT molecular complexity index is 502. The van der Waals surface area contributed by atoms with Crippen molar-refractivity contribution < 1.29 is 13.2 Å². The van der Waals surface area contributed by atoms with Crippen molar-refractivity contribution in [3.8, 4) is 0 Å². The van der Waals surface area contributed by atoms with E-state index in [2.05, 4.69) is 10.3 Å². The molecule has 106 valence electrons. The number of nitrogens with zero attached hydrogens (tertiary/aromatic N) is 2. The van der Waals surface area contributed by atoms with Crippen LogP contribution in [0.2, 0.25) is 0 Å². The van der Waals surface area contributed by atoms with Crippen LogP contribution in [0.3, 0.4) is 0 Å². The third kappa shape index (κ3) is 5.80. The molecular weight excluding hydrogens is 266 g/mol. The number of aromatic nitrogens is 1. The third-order valence-electron chi connectivity index (χ3n) is 2.50. The first-order valence-electron chi connectivity index (χ1n) is 6.04. The molecule has 0 aliphatic heterocycles. The Labute approximate surface area is 113 Å². The van der Waals surface area contributed by atoms with Gasteiger partial charge >= 0.3 is 0 Å². The second-order valence-electron chi connectivity index (χ2n) is 4.23. The fraction of sp³-hybridized carbons (Fsp3) is 0.500. The van der Waals surface area contributed by atoms with Crippen molar-refractivity contribution in [2.45, 2.75) is 19.9 Å². The second-order valence-corrected chi connectivity index (χ2v) is 6.21. The molecule has 0 unspecified atom stereocenters. The Balaban J connectivity index is 2.50. The summed E-state index contributed by atoms with van der Waals surface area (Å²) in [5.74, 6) is -0.310. The summed E-state index contributed by atoms with van der Waals surface area (Å²) < 4.78 is 24.1. The number of pyridine rings is 1. The zero-order chi connectivity index (χ0) is 14.3. The summed E-state index contributed by atoms with van der Waals surface area (Å²) in [7, 11) is -3.34. The van der Waals surface area contributed by atoms with E-state index in [4.69, 9.17) is 0 Å². The predicted molar refractivity (Wildman–Crippen MR) is 72.8 cm³/mol. The van der Waals surface area contributed by atoms with Crippen LogP contribution in [0.15, 0.2) is 24.5 Å². The zero-order valence-electron chi connectivity index (χ0n) is 11.2. The van der Waals surface area contributed by atoms with Gasteiger partial charge in [0.05, 0.1) is 12.8 Å². The fourth-order valence-electron chi connectivity index (χ4n) is 1.53. The lowest BCUT2D eigenvalue weighted by atomic mass is 10.3. The van der Waals surface area contributed by atoms with Gasteiger partial charge in [0.1, 0.15) is 0 Å². The molecule has 0 fully saturated rings. The Morgan fingerprint density at radius 1 is 1.37 bits per heavy atom. The molecule has 1 aromatic heterocycles. The molecule has 0 bridgehead atoms. The van der Waals surface area contributed by atoms with E-state index in [1.807, 2.05) is 6.92 Å². The molecule has 1 rings (SSSR count). The highest BCUT2D eigenvalue weighted by atomic mass is 32.2. The highest BCUT2D eigenvalue weighted by Crippen LogP contribution is 2.00. The standard InChI is InChI=1S/C12H19N3O3S/c1-3-8-15(19(2,17)18)10-12(16)14-9-11-4-6-13-7-5-11/h4-7H,3,8-10H2,1-2H3,(H,14,16). The van der Waals surface area contributed by atoms with Gasteiger partial charge in [-0.05, 0) is 24.1 Å². The number of carbonyl (C=O) groups excluding carboxylic acids is 1. The quantitative estimate of drug-likeness (QED) is 0.785. The normalized spacial score (nSPS) is 11.5. The van der Waals surface area contributed by atoms with E-state index in [1.165, 1.54) is 4.31 Å². The molecule has 7 heteroatoms. The number of carbonyl (C=O) groups is 1. The van der Waals surface area contributed by atoms with E-state index in [0.717, 1.165) is 11.8 Å². The molecule has 1 N–H and O–H groups in total. The van der Waals surface area contributed by atoms with Crippen LogP contribution in [0.25, 0.3) is 0 Å². The maximum atomic E-state index is 11.7. The van der Waals surface area contributed by atoms with Gasteiger partial charge in [0.2, 0.25) is 15.9 Å². The van der Waals surface area contributed by atoms with Crippen molar-refractivity contribution >= 4 is 15.9 Å². The van der Waals surface area contributed by atoms with Gasteiger partial charge in [-0.25, -0.2) is 8.42 Å². The predicted octanol–water partition coefficient (Wildman–Crippen LogP) is 0.369. The van der Waals surface area contributed by atoms with Gasteiger partial charge in [-0.15, -0.1) is 0 Å². The first-order valence-corrected chi connectivity index (χ1v) is 7.89. The van der Waals surface area contributed by atoms with Gasteiger partial charge in [-0.1, -0.05) is 6.92 Å². The van der Waals surface area contributed by atoms with Crippen molar-refractivity contribution in [3.05, 3.63) is 30.1 Å². The van der Waals surface area contributed by atoms with Crippen LogP contribution in [-0.4, -0.2) is 43.0 Å². The van der Waals surface area contributed by atoms with E-state index in [0.29, 0.717) is 19.5 Å². The molecule has 0 radical (unpaired) electrons. The topological polar surface area (TPSA) is 79.4 Å². The molecule has 0 aromatic carbocycles. The summed E-state index contributed by atoms with van der Waals surface area (Å²) >= 11 is 0. The van der Waals surface area contributed by atoms with E-state index in [1.54, 1.807) is 24.5 Å². The Morgan fingerprint density at radius 2 is 2.00 bits per heavy atom. The number of hydrogen-bond acceptors (Lipinski definition) is 4. The monoisotopic (exact) mass is 285 g/mol. The van der Waals surface area contributed by atoms with Gasteiger partial charge in [0, 0.05) is 25.5 Å². The molecule has 1 heterocycles. The zero-order valence-corrected chi connectivity index (χ0v) is 12.0. The molecule has 19 heavy (non-hydrogen) atoms. The summed E-state index contributed by atoms with van der Waals surface area (Å²) in [6.45, 7) is 2.44. The maximum Gasteiger partial charge on any atom is 0.235 e. The van der Waals surface area contributed by atoms with Crippen molar-refractivity contribution in [1.29, 1.82) is 0 Å². The Kier molecular flexibility index (Phi) is 5.91. The Morgan fingerprint density at radius 3 is 2.53 bits per heavy atom. The SMILES string of the molecule is CCCN(CC(=O)NCc1ccncc1)S(C)(=O)=O. The molecule has 0 aliphatic carbocycles. The molecule has 0 atom stereocenters. The lowest BCUT2D eigenvalue weighted by Gasteiger charge is -2.18. The molecule has 0 saturated carbocycles. The molecule has 1 aromatic rings. The van der Waals surface area contributed by atoms with Gasteiger partial charge in [0.15, 0.2) is 0 Å². The fourth-order valence-corrected chi connectivity index (χ4v) is 2.39. The summed E-state index contributed by atoms with van der Waals surface area (Å²) in [4.78, 5) is 15.6. The van der Waals surface area contributed by atoms with Crippen LogP contribution in [-0.2, 0) is 21.4 Å². The van der Waals surface area contributed by atoms with Gasteiger partial charge in [0.25, 0.3) is 0 Å². The van der Waals surface area contributed by atoms with Crippen LogP contribution >= 0.6 is 0 Å². The van der Waals surface area contributed by atoms with E-state index in [-0.39, 0.29) is 12.5 Å². The summed E-state index contributed by atoms with van der Waals surface area (Å²) in [5.41, 5.74) is 0.921. The molecule has 0 aliphatic rings. The van der Waals surface area contributed by atoms with Crippen LogP contribution < -0.4 is 5.32 Å². The Hall–Kier alpha value is -1.47. The number of rotatable bonds is 7. The van der Waals surface area contributed by atoms with Crippen molar-refractivity contribution in [3.63, 3.8) is 0 Å². The lowest BCUT2D eigenvalue weighted by molar-refractivity contribution is -0.121. The van der Waals surface area contributed by atoms with Crippen LogP contribution in [0, 0.1) is 0 Å². The molecule has 0 saturated heterocycles. The van der Waals surface area contributed by atoms with E-state index in [9.17, 15) is 13.2 Å². The smallest absolute Gasteiger partial charge is 0.235 e. The van der Waals surface area contributed by atoms with Crippen molar-refractivity contribution in [2.24, 2.45) is 0 Å². The minimum absolute atomic E-state index is 0.141. The number of sulfonamides is 1. The summed E-state index contributed by atoms with van der Waals surface area (Å²) in [6.07, 6.45) is 5.06. The first kappa shape index (κ1) is 15.6. The minimum atomic E-state index is -3.34. The highest BCUT2D eigenvalue weighted by molar-refractivity contribution is 7.88. The van der Waals surface area contributed by atoms with E-state index < -0.39 is 10.0 Å². The van der Waals surface area contributed by atoms with Gasteiger partial charge < -0.3 is 5.32 Å². The van der Waals surface area contributed by atoms with Crippen LogP contribution in [0.1, 0.15) is 18.9 Å². The maximum absolute atomic E-state index is 11.7. The second kappa shape index (κ2) is 7.20. The van der Waals surface area contributed by atoms with Crippen molar-refractivity contribution in [1.82, 2.24) is 14.6 Å². The third-order valence-corrected chi connectivity index (χ3v) is 3.75. The average molecular weight is 285 g/mol. The molecule has 6 nitrogen and oxygen atoms in total. The number of amides is 1. The molecule has 0 spiro atoms. The van der Waals surface area contributed by atoms with Gasteiger partial charge in [-0.3, -0.25) is 9.78 Å². The van der Waals surface area contributed by atoms with Gasteiger partial charge in [-0.2, -0.15) is 4.31 Å². The summed E-state index contributed by atoms with van der Waals surface area (Å²) in [5, 5.41) is 2.69. The van der Waals surface area contributed by atoms with Crippen molar-refractivity contribution in [2.75, 3.05) is 19.3 Å². The lowest BCUT2D eigenvalue weighted by Crippen LogP contribution is -2.40. The average Bonchev–Trinajstić information content (AvgIpc) is 2.36. The summed E-state index contributed by atoms with van der Waals surface area (Å²) in [6, 6.07) is 3.58. The number of nitrogens with one attached hydrogen (secondary N) is 1. The molecule has 1 amide bonds. The first-order chi connectivity index (χ1) is 8.93. The largest absolute Gasteiger partial charge is 0.351 e. The minimum Gasteiger partial charge on any atom is -0.351 e.